The van der Waals surface area contributed by atoms with Gasteiger partial charge in [0.1, 0.15) is 5.82 Å². The Labute approximate surface area is 152 Å². The van der Waals surface area contributed by atoms with Crippen LogP contribution >= 0.6 is 0 Å². The molecule has 0 unspecified atom stereocenters. The number of nitrogens with one attached hydrogen (secondary N) is 1. The molecule has 1 N–H and O–H groups in total. The highest BCUT2D eigenvalue weighted by Gasteiger charge is 2.22. The maximum Gasteiger partial charge on any atom is 0.245 e. The van der Waals surface area contributed by atoms with Crippen molar-refractivity contribution >= 4 is 17.6 Å². The van der Waals surface area contributed by atoms with Crippen LogP contribution in [0, 0.1) is 11.8 Å². The van der Waals surface area contributed by atoms with Gasteiger partial charge in [0.25, 0.3) is 0 Å². The molecule has 6 nitrogen and oxygen atoms in total. The maximum absolute atomic E-state index is 12.5. The van der Waals surface area contributed by atoms with E-state index in [-0.39, 0.29) is 29.7 Å². The molecule has 0 saturated heterocycles. The van der Waals surface area contributed by atoms with Crippen molar-refractivity contribution in [2.75, 3.05) is 18.4 Å². The Kier molecular flexibility index (Phi) is 7.20. The number of amides is 2. The highest BCUT2D eigenvalue weighted by Crippen LogP contribution is 2.23. The summed E-state index contributed by atoms with van der Waals surface area (Å²) in [5.41, 5.74) is 0.831. The quantitative estimate of drug-likeness (QED) is 0.821. The van der Waals surface area contributed by atoms with E-state index in [1.807, 2.05) is 33.8 Å². The molecule has 0 saturated carbocycles. The largest absolute Gasteiger partial charge is 0.333 e. The molecule has 0 aliphatic heterocycles. The summed E-state index contributed by atoms with van der Waals surface area (Å²) in [4.78, 5) is 26.5. The second-order valence-corrected chi connectivity index (χ2v) is 8.60. The highest BCUT2D eigenvalue weighted by molar-refractivity contribution is 5.94. The predicted octanol–water partition coefficient (Wildman–Crippen LogP) is 3.19. The number of rotatable bonds is 7. The first kappa shape index (κ1) is 21.2. The Balaban J connectivity index is 2.81. The lowest BCUT2D eigenvalue weighted by Crippen LogP contribution is -2.40. The SMILES string of the molecule is CC(C)CC(=O)N(CC(=O)Nc1cc(C(C)(C)C)nn1C)CC(C)C. The van der Waals surface area contributed by atoms with E-state index >= 15 is 0 Å². The minimum absolute atomic E-state index is 0.0271. The molecule has 0 radical (unpaired) electrons. The molecule has 0 aliphatic rings. The van der Waals surface area contributed by atoms with Gasteiger partial charge in [-0.3, -0.25) is 14.3 Å². The minimum atomic E-state index is -0.193. The fourth-order valence-electron chi connectivity index (χ4n) is 2.48. The van der Waals surface area contributed by atoms with E-state index in [1.54, 1.807) is 16.6 Å². The zero-order chi connectivity index (χ0) is 19.4. The number of anilines is 1. The zero-order valence-corrected chi connectivity index (χ0v) is 17.0. The van der Waals surface area contributed by atoms with Gasteiger partial charge in [0.2, 0.25) is 11.8 Å². The molecule has 142 valence electrons. The third kappa shape index (κ3) is 6.88. The number of aromatic nitrogens is 2. The molecule has 1 rings (SSSR count). The first-order chi connectivity index (χ1) is 11.4. The number of carbonyl (C=O) groups is 2. The maximum atomic E-state index is 12.5. The Morgan fingerprint density at radius 1 is 1.20 bits per heavy atom. The second kappa shape index (κ2) is 8.50. The molecule has 1 aromatic heterocycles. The Morgan fingerprint density at radius 3 is 2.24 bits per heavy atom. The Morgan fingerprint density at radius 2 is 1.80 bits per heavy atom. The van der Waals surface area contributed by atoms with Gasteiger partial charge in [-0.15, -0.1) is 0 Å². The van der Waals surface area contributed by atoms with Gasteiger partial charge in [-0.1, -0.05) is 48.5 Å². The zero-order valence-electron chi connectivity index (χ0n) is 17.0. The first-order valence-electron chi connectivity index (χ1n) is 9.02. The second-order valence-electron chi connectivity index (χ2n) is 8.60. The van der Waals surface area contributed by atoms with Crippen molar-refractivity contribution in [1.29, 1.82) is 0 Å². The molecular weight excluding hydrogens is 316 g/mol. The summed E-state index contributed by atoms with van der Waals surface area (Å²) < 4.78 is 1.67. The number of hydrogen-bond acceptors (Lipinski definition) is 3. The van der Waals surface area contributed by atoms with E-state index in [0.29, 0.717) is 24.7 Å². The first-order valence-corrected chi connectivity index (χ1v) is 9.02. The Hall–Kier alpha value is -1.85. The third-order valence-corrected chi connectivity index (χ3v) is 3.77. The topological polar surface area (TPSA) is 67.2 Å². The van der Waals surface area contributed by atoms with Crippen LogP contribution in [0.4, 0.5) is 5.82 Å². The van der Waals surface area contributed by atoms with E-state index in [0.717, 1.165) is 5.69 Å². The van der Waals surface area contributed by atoms with Crippen LogP contribution < -0.4 is 5.32 Å². The van der Waals surface area contributed by atoms with E-state index in [4.69, 9.17) is 0 Å². The van der Waals surface area contributed by atoms with Gasteiger partial charge in [-0.25, -0.2) is 0 Å². The molecule has 25 heavy (non-hydrogen) atoms. The number of nitrogens with zero attached hydrogens (tertiary/aromatic N) is 3. The molecule has 0 spiro atoms. The normalized spacial score (nSPS) is 11.9. The van der Waals surface area contributed by atoms with Crippen LogP contribution in [-0.4, -0.2) is 39.6 Å². The van der Waals surface area contributed by atoms with Gasteiger partial charge in [-0.2, -0.15) is 5.10 Å². The van der Waals surface area contributed by atoms with Crippen LogP contribution in [0.2, 0.25) is 0 Å². The smallest absolute Gasteiger partial charge is 0.245 e. The molecular formula is C19H34N4O2. The van der Waals surface area contributed by atoms with Crippen LogP contribution in [0.1, 0.15) is 60.6 Å². The average Bonchev–Trinajstić information content (AvgIpc) is 2.78. The predicted molar refractivity (Wildman–Crippen MR) is 101 cm³/mol. The van der Waals surface area contributed by atoms with Gasteiger partial charge in [-0.05, 0) is 11.8 Å². The van der Waals surface area contributed by atoms with Crippen molar-refractivity contribution in [2.24, 2.45) is 18.9 Å². The monoisotopic (exact) mass is 350 g/mol. The van der Waals surface area contributed by atoms with Crippen molar-refractivity contribution in [3.8, 4) is 0 Å². The van der Waals surface area contributed by atoms with Crippen molar-refractivity contribution in [1.82, 2.24) is 14.7 Å². The summed E-state index contributed by atoms with van der Waals surface area (Å²) in [6, 6.07) is 1.89. The van der Waals surface area contributed by atoms with E-state index < -0.39 is 0 Å². The molecule has 6 heteroatoms. The van der Waals surface area contributed by atoms with Crippen LogP contribution in [0.25, 0.3) is 0 Å². The van der Waals surface area contributed by atoms with Crippen molar-refractivity contribution in [3.63, 3.8) is 0 Å². The summed E-state index contributed by atoms with van der Waals surface area (Å²) in [5.74, 6) is 1.07. The lowest BCUT2D eigenvalue weighted by molar-refractivity contribution is -0.135. The fraction of sp³-hybridized carbons (Fsp3) is 0.737. The minimum Gasteiger partial charge on any atom is -0.333 e. The summed E-state index contributed by atoms with van der Waals surface area (Å²) in [7, 11) is 1.81. The van der Waals surface area contributed by atoms with Crippen molar-refractivity contribution in [3.05, 3.63) is 11.8 Å². The molecule has 0 atom stereocenters. The van der Waals surface area contributed by atoms with Gasteiger partial charge in [0.15, 0.2) is 0 Å². The Bertz CT molecular complexity index is 597. The lowest BCUT2D eigenvalue weighted by Gasteiger charge is -2.25. The molecule has 0 bridgehead atoms. The highest BCUT2D eigenvalue weighted by atomic mass is 16.2. The van der Waals surface area contributed by atoms with Crippen molar-refractivity contribution < 1.29 is 9.59 Å². The van der Waals surface area contributed by atoms with E-state index in [9.17, 15) is 9.59 Å². The van der Waals surface area contributed by atoms with Crippen LogP contribution in [0.15, 0.2) is 6.07 Å². The van der Waals surface area contributed by atoms with Crippen LogP contribution in [0.5, 0.6) is 0 Å². The van der Waals surface area contributed by atoms with E-state index in [2.05, 4.69) is 31.2 Å². The fourth-order valence-corrected chi connectivity index (χ4v) is 2.48. The molecule has 0 fully saturated rings. The van der Waals surface area contributed by atoms with Crippen LogP contribution in [0.3, 0.4) is 0 Å². The van der Waals surface area contributed by atoms with Gasteiger partial charge in [0, 0.05) is 31.5 Å². The molecule has 0 aliphatic carbocycles. The summed E-state index contributed by atoms with van der Waals surface area (Å²) in [5, 5.41) is 7.34. The molecule has 2 amide bonds. The van der Waals surface area contributed by atoms with Crippen molar-refractivity contribution in [2.45, 2.75) is 60.3 Å². The van der Waals surface area contributed by atoms with Crippen LogP contribution in [-0.2, 0) is 22.1 Å². The standard InChI is InChI=1S/C19H34N4O2/c1-13(2)9-18(25)23(11-14(3)4)12-17(24)20-16-10-15(19(5,6)7)21-22(16)8/h10,13-14H,9,11-12H2,1-8H3,(H,20,24). The number of aryl methyl sites for hydroxylation is 1. The number of hydrogen-bond donors (Lipinski definition) is 1. The van der Waals surface area contributed by atoms with E-state index in [1.165, 1.54) is 0 Å². The molecule has 1 aromatic rings. The summed E-state index contributed by atoms with van der Waals surface area (Å²) in [6.07, 6.45) is 0.458. The average molecular weight is 351 g/mol. The third-order valence-electron chi connectivity index (χ3n) is 3.77. The van der Waals surface area contributed by atoms with Gasteiger partial charge in [0.05, 0.1) is 12.2 Å². The summed E-state index contributed by atoms with van der Waals surface area (Å²) >= 11 is 0. The van der Waals surface area contributed by atoms with Gasteiger partial charge < -0.3 is 10.2 Å². The number of carbonyl (C=O) groups excluding carboxylic acids is 2. The molecule has 1 heterocycles. The molecule has 0 aromatic carbocycles. The lowest BCUT2D eigenvalue weighted by atomic mass is 9.92. The van der Waals surface area contributed by atoms with Gasteiger partial charge >= 0.3 is 0 Å². The summed E-state index contributed by atoms with van der Waals surface area (Å²) in [6.45, 7) is 15.0.